The molecular formula is C12H24N2O3. The fourth-order valence-electron chi connectivity index (χ4n) is 1.57. The molecule has 0 heterocycles. The van der Waals surface area contributed by atoms with E-state index >= 15 is 0 Å². The predicted molar refractivity (Wildman–Crippen MR) is 66.9 cm³/mol. The summed E-state index contributed by atoms with van der Waals surface area (Å²) in [5.74, 6) is -0.694. The predicted octanol–water partition coefficient (Wildman–Crippen LogP) is 1.09. The first-order chi connectivity index (χ1) is 8.11. The summed E-state index contributed by atoms with van der Waals surface area (Å²) in [6.07, 6.45) is 2.63. The van der Waals surface area contributed by atoms with Gasteiger partial charge >= 0.3 is 5.97 Å². The van der Waals surface area contributed by atoms with Gasteiger partial charge in [0.25, 0.3) is 0 Å². The Morgan fingerprint density at radius 2 is 1.76 bits per heavy atom. The van der Waals surface area contributed by atoms with Crippen LogP contribution in [0.1, 0.15) is 39.5 Å². The maximum atomic E-state index is 11.8. The van der Waals surface area contributed by atoms with Crippen molar-refractivity contribution in [3.8, 4) is 0 Å². The van der Waals surface area contributed by atoms with E-state index in [0.29, 0.717) is 19.5 Å². The van der Waals surface area contributed by atoms with Gasteiger partial charge in [0, 0.05) is 19.5 Å². The second-order valence-corrected chi connectivity index (χ2v) is 4.05. The quantitative estimate of drug-likeness (QED) is 0.564. The second kappa shape index (κ2) is 10.1. The van der Waals surface area contributed by atoms with Gasteiger partial charge in [0.1, 0.15) is 0 Å². The van der Waals surface area contributed by atoms with Crippen molar-refractivity contribution in [1.82, 2.24) is 10.2 Å². The normalized spacial score (nSPS) is 10.2. The molecular weight excluding hydrogens is 220 g/mol. The van der Waals surface area contributed by atoms with Crippen molar-refractivity contribution in [3.63, 3.8) is 0 Å². The summed E-state index contributed by atoms with van der Waals surface area (Å²) < 4.78 is 0. The molecule has 0 spiro atoms. The number of carbonyl (C=O) groups is 2. The van der Waals surface area contributed by atoms with Gasteiger partial charge in [-0.1, -0.05) is 13.8 Å². The molecule has 0 atom stereocenters. The summed E-state index contributed by atoms with van der Waals surface area (Å²) >= 11 is 0. The molecule has 0 aliphatic rings. The molecule has 2 N–H and O–H groups in total. The largest absolute Gasteiger partial charge is 0.481 e. The molecule has 0 saturated heterocycles. The van der Waals surface area contributed by atoms with Crippen LogP contribution in [0.3, 0.4) is 0 Å². The second-order valence-electron chi connectivity index (χ2n) is 4.05. The highest BCUT2D eigenvalue weighted by Crippen LogP contribution is 1.95. The van der Waals surface area contributed by atoms with E-state index in [2.05, 4.69) is 19.2 Å². The summed E-state index contributed by atoms with van der Waals surface area (Å²) in [6.45, 7) is 6.57. The molecule has 0 radical (unpaired) electrons. The lowest BCUT2D eigenvalue weighted by Crippen LogP contribution is -2.39. The van der Waals surface area contributed by atoms with Gasteiger partial charge in [0.2, 0.25) is 5.91 Å². The number of hydrogen-bond acceptors (Lipinski definition) is 3. The average Bonchev–Trinajstić information content (AvgIpc) is 2.27. The van der Waals surface area contributed by atoms with Gasteiger partial charge in [-0.25, -0.2) is 0 Å². The molecule has 17 heavy (non-hydrogen) atoms. The molecule has 5 heteroatoms. The van der Waals surface area contributed by atoms with Gasteiger partial charge < -0.3 is 15.3 Å². The van der Waals surface area contributed by atoms with Gasteiger partial charge in [-0.3, -0.25) is 9.59 Å². The van der Waals surface area contributed by atoms with Crippen LogP contribution in [0.4, 0.5) is 0 Å². The van der Waals surface area contributed by atoms with E-state index < -0.39 is 5.97 Å². The topological polar surface area (TPSA) is 69.6 Å². The standard InChI is InChI=1S/C12H24N2O3/c1-3-8-14(9-4-2)11(15)10-13-7-5-6-12(16)17/h13H,3-10H2,1-2H3,(H,16,17). The first kappa shape index (κ1) is 15.9. The number of hydrogen-bond donors (Lipinski definition) is 2. The van der Waals surface area contributed by atoms with E-state index in [0.717, 1.165) is 25.9 Å². The number of aliphatic carboxylic acids is 1. The van der Waals surface area contributed by atoms with Crippen molar-refractivity contribution in [2.45, 2.75) is 39.5 Å². The zero-order valence-electron chi connectivity index (χ0n) is 10.9. The van der Waals surface area contributed by atoms with Crippen LogP contribution >= 0.6 is 0 Å². The molecule has 0 aliphatic heterocycles. The maximum absolute atomic E-state index is 11.8. The molecule has 0 aromatic heterocycles. The molecule has 0 rings (SSSR count). The molecule has 0 bridgehead atoms. The highest BCUT2D eigenvalue weighted by atomic mass is 16.4. The fourth-order valence-corrected chi connectivity index (χ4v) is 1.57. The van der Waals surface area contributed by atoms with Gasteiger partial charge in [0.15, 0.2) is 0 Å². The summed E-state index contributed by atoms with van der Waals surface area (Å²) in [6, 6.07) is 0. The van der Waals surface area contributed by atoms with Gasteiger partial charge in [-0.2, -0.15) is 0 Å². The maximum Gasteiger partial charge on any atom is 0.303 e. The smallest absolute Gasteiger partial charge is 0.303 e. The number of carboxylic acid groups (broad SMARTS) is 1. The van der Waals surface area contributed by atoms with Crippen LogP contribution in [0.25, 0.3) is 0 Å². The van der Waals surface area contributed by atoms with Crippen molar-refractivity contribution in [2.75, 3.05) is 26.2 Å². The number of nitrogens with one attached hydrogen (secondary N) is 1. The Kier molecular flexibility index (Phi) is 9.43. The monoisotopic (exact) mass is 244 g/mol. The lowest BCUT2D eigenvalue weighted by molar-refractivity contribution is -0.137. The minimum absolute atomic E-state index is 0.101. The van der Waals surface area contributed by atoms with Gasteiger partial charge in [-0.05, 0) is 25.8 Å². The first-order valence-electron chi connectivity index (χ1n) is 6.32. The third-order valence-corrected chi connectivity index (χ3v) is 2.36. The van der Waals surface area contributed by atoms with Crippen LogP contribution in [0.5, 0.6) is 0 Å². The Labute approximate surface area is 103 Å². The van der Waals surface area contributed by atoms with E-state index in [1.165, 1.54) is 0 Å². The lowest BCUT2D eigenvalue weighted by atomic mass is 10.3. The van der Waals surface area contributed by atoms with Crippen molar-refractivity contribution in [3.05, 3.63) is 0 Å². The van der Waals surface area contributed by atoms with Crippen LogP contribution in [-0.4, -0.2) is 48.1 Å². The molecule has 0 aromatic rings. The molecule has 0 aliphatic carbocycles. The molecule has 1 amide bonds. The minimum Gasteiger partial charge on any atom is -0.481 e. The first-order valence-corrected chi connectivity index (χ1v) is 6.32. The zero-order chi connectivity index (χ0) is 13.1. The van der Waals surface area contributed by atoms with Crippen LogP contribution in [-0.2, 0) is 9.59 Å². The van der Waals surface area contributed by atoms with Crippen LogP contribution in [0.2, 0.25) is 0 Å². The average molecular weight is 244 g/mol. The third kappa shape index (κ3) is 8.68. The Hall–Kier alpha value is -1.10. The summed E-state index contributed by atoms with van der Waals surface area (Å²) in [7, 11) is 0. The summed E-state index contributed by atoms with van der Waals surface area (Å²) in [5, 5.41) is 11.4. The van der Waals surface area contributed by atoms with E-state index in [9.17, 15) is 9.59 Å². The number of carbonyl (C=O) groups excluding carboxylic acids is 1. The lowest BCUT2D eigenvalue weighted by Gasteiger charge is -2.21. The number of amides is 1. The fraction of sp³-hybridized carbons (Fsp3) is 0.833. The molecule has 100 valence electrons. The van der Waals surface area contributed by atoms with E-state index in [4.69, 9.17) is 5.11 Å². The number of nitrogens with zero attached hydrogens (tertiary/aromatic N) is 1. The van der Waals surface area contributed by atoms with Crippen LogP contribution in [0, 0.1) is 0 Å². The van der Waals surface area contributed by atoms with E-state index in [1.807, 2.05) is 4.90 Å². The highest BCUT2D eigenvalue weighted by molar-refractivity contribution is 5.78. The molecule has 5 nitrogen and oxygen atoms in total. The molecule has 0 aromatic carbocycles. The van der Waals surface area contributed by atoms with Crippen molar-refractivity contribution in [2.24, 2.45) is 0 Å². The molecule has 0 unspecified atom stereocenters. The summed E-state index contributed by atoms with van der Waals surface area (Å²) in [5.41, 5.74) is 0. The van der Waals surface area contributed by atoms with E-state index in [1.54, 1.807) is 0 Å². The van der Waals surface area contributed by atoms with Crippen LogP contribution < -0.4 is 5.32 Å². The van der Waals surface area contributed by atoms with E-state index in [-0.39, 0.29) is 12.3 Å². The van der Waals surface area contributed by atoms with Crippen molar-refractivity contribution < 1.29 is 14.7 Å². The zero-order valence-corrected chi connectivity index (χ0v) is 10.9. The van der Waals surface area contributed by atoms with Crippen molar-refractivity contribution >= 4 is 11.9 Å². The van der Waals surface area contributed by atoms with Gasteiger partial charge in [-0.15, -0.1) is 0 Å². The molecule has 0 saturated carbocycles. The number of rotatable bonds is 10. The Morgan fingerprint density at radius 1 is 1.18 bits per heavy atom. The Balaban J connectivity index is 3.70. The highest BCUT2D eigenvalue weighted by Gasteiger charge is 2.10. The number of carboxylic acids is 1. The summed E-state index contributed by atoms with van der Waals surface area (Å²) in [4.78, 5) is 23.9. The van der Waals surface area contributed by atoms with Gasteiger partial charge in [0.05, 0.1) is 6.54 Å². The van der Waals surface area contributed by atoms with Crippen LogP contribution in [0.15, 0.2) is 0 Å². The van der Waals surface area contributed by atoms with Crippen molar-refractivity contribution in [1.29, 1.82) is 0 Å². The Morgan fingerprint density at radius 3 is 2.24 bits per heavy atom. The minimum atomic E-state index is -0.795. The third-order valence-electron chi connectivity index (χ3n) is 2.36. The Bertz CT molecular complexity index is 226. The SMILES string of the molecule is CCCN(CCC)C(=O)CNCCCC(=O)O. The molecule has 0 fully saturated rings.